The molecule has 0 atom stereocenters. The molecule has 1 heterocycles. The van der Waals surface area contributed by atoms with Crippen molar-refractivity contribution in [1.29, 1.82) is 0 Å². The minimum atomic E-state index is 0.114. The van der Waals surface area contributed by atoms with Crippen molar-refractivity contribution in [3.05, 3.63) is 53.9 Å². The first-order valence-electron chi connectivity index (χ1n) is 9.10. The Morgan fingerprint density at radius 3 is 2.65 bits per heavy atom. The number of rotatable bonds is 9. The third kappa shape index (κ3) is 4.75. The highest BCUT2D eigenvalue weighted by Gasteiger charge is 2.30. The highest BCUT2D eigenvalue weighted by Crippen LogP contribution is 2.40. The van der Waals surface area contributed by atoms with Crippen LogP contribution in [-0.4, -0.2) is 44.4 Å². The van der Waals surface area contributed by atoms with Gasteiger partial charge in [0.05, 0.1) is 12.3 Å². The van der Waals surface area contributed by atoms with E-state index >= 15 is 0 Å². The van der Waals surface area contributed by atoms with Gasteiger partial charge in [-0.05, 0) is 32.3 Å². The maximum Gasteiger partial charge on any atom is 0.233 e. The molecule has 0 bridgehead atoms. The lowest BCUT2D eigenvalue weighted by Crippen LogP contribution is -2.33. The molecule has 6 heteroatoms. The topological polar surface area (TPSA) is 51.0 Å². The van der Waals surface area contributed by atoms with Crippen molar-refractivity contribution in [2.24, 2.45) is 0 Å². The van der Waals surface area contributed by atoms with Crippen molar-refractivity contribution < 1.29 is 4.79 Å². The minimum absolute atomic E-state index is 0.114. The fraction of sp³-hybridized carbons (Fsp3) is 0.450. The van der Waals surface area contributed by atoms with Crippen LogP contribution in [0.5, 0.6) is 0 Å². The van der Waals surface area contributed by atoms with E-state index < -0.39 is 0 Å². The standard InChI is InChI=1S/C20H26N4OS/c1-4-23(12-15(2)3)18(25)14-26-20-22-21-19(17-10-11-17)24(20)13-16-8-6-5-7-9-16/h5-9,17H,2,4,10-14H2,1,3H3. The molecular formula is C20H26N4OS. The van der Waals surface area contributed by atoms with Crippen molar-refractivity contribution in [3.8, 4) is 0 Å². The smallest absolute Gasteiger partial charge is 0.233 e. The Balaban J connectivity index is 1.71. The molecule has 1 saturated carbocycles. The van der Waals surface area contributed by atoms with Crippen molar-refractivity contribution in [2.45, 2.75) is 44.3 Å². The maximum atomic E-state index is 12.5. The molecule has 0 radical (unpaired) electrons. The van der Waals surface area contributed by atoms with Gasteiger partial charge in [-0.2, -0.15) is 0 Å². The zero-order valence-corrected chi connectivity index (χ0v) is 16.3. The molecule has 1 aliphatic rings. The average molecular weight is 371 g/mol. The van der Waals surface area contributed by atoms with E-state index in [4.69, 9.17) is 0 Å². The number of thioether (sulfide) groups is 1. The van der Waals surface area contributed by atoms with Crippen LogP contribution >= 0.6 is 11.8 Å². The van der Waals surface area contributed by atoms with Gasteiger partial charge in [0.15, 0.2) is 5.16 Å². The summed E-state index contributed by atoms with van der Waals surface area (Å²) in [7, 11) is 0. The zero-order valence-electron chi connectivity index (χ0n) is 15.5. The van der Waals surface area contributed by atoms with E-state index in [1.807, 2.05) is 36.9 Å². The van der Waals surface area contributed by atoms with Crippen molar-refractivity contribution in [1.82, 2.24) is 19.7 Å². The average Bonchev–Trinajstić information content (AvgIpc) is 3.40. The molecule has 0 unspecified atom stereocenters. The monoisotopic (exact) mass is 370 g/mol. The van der Waals surface area contributed by atoms with Gasteiger partial charge in [0, 0.05) is 19.0 Å². The number of likely N-dealkylation sites (N-methyl/N-ethyl adjacent to an activating group) is 1. The molecular weight excluding hydrogens is 344 g/mol. The van der Waals surface area contributed by atoms with Gasteiger partial charge in [0.25, 0.3) is 0 Å². The van der Waals surface area contributed by atoms with Crippen molar-refractivity contribution in [2.75, 3.05) is 18.8 Å². The highest BCUT2D eigenvalue weighted by atomic mass is 32.2. The first-order chi connectivity index (χ1) is 12.6. The third-order valence-electron chi connectivity index (χ3n) is 4.39. The van der Waals surface area contributed by atoms with Gasteiger partial charge in [-0.3, -0.25) is 4.79 Å². The maximum absolute atomic E-state index is 12.5. The lowest BCUT2D eigenvalue weighted by molar-refractivity contribution is -0.127. The van der Waals surface area contributed by atoms with E-state index in [9.17, 15) is 4.79 Å². The van der Waals surface area contributed by atoms with Crippen LogP contribution in [0.25, 0.3) is 0 Å². The quantitative estimate of drug-likeness (QED) is 0.499. The number of amides is 1. The Labute approximate surface area is 159 Å². The second-order valence-electron chi connectivity index (χ2n) is 6.84. The molecule has 1 aromatic heterocycles. The van der Waals surface area contributed by atoms with Gasteiger partial charge in [0.2, 0.25) is 5.91 Å². The summed E-state index contributed by atoms with van der Waals surface area (Å²) in [6.45, 7) is 9.90. The number of benzene rings is 1. The molecule has 5 nitrogen and oxygen atoms in total. The number of carbonyl (C=O) groups excluding carboxylic acids is 1. The number of aromatic nitrogens is 3. The predicted octanol–water partition coefficient (Wildman–Crippen LogP) is 3.72. The van der Waals surface area contributed by atoms with Crippen LogP contribution in [0.1, 0.15) is 44.0 Å². The van der Waals surface area contributed by atoms with Crippen LogP contribution < -0.4 is 0 Å². The van der Waals surface area contributed by atoms with Gasteiger partial charge in [0.1, 0.15) is 5.82 Å². The van der Waals surface area contributed by atoms with E-state index in [1.54, 1.807) is 0 Å². The summed E-state index contributed by atoms with van der Waals surface area (Å²) in [5.74, 6) is 2.06. The molecule has 0 aliphatic heterocycles. The van der Waals surface area contributed by atoms with E-state index in [0.29, 0.717) is 24.8 Å². The number of hydrogen-bond acceptors (Lipinski definition) is 4. The molecule has 1 amide bonds. The van der Waals surface area contributed by atoms with Crippen LogP contribution in [0.4, 0.5) is 0 Å². The second-order valence-corrected chi connectivity index (χ2v) is 7.78. The van der Waals surface area contributed by atoms with E-state index in [1.165, 1.54) is 30.2 Å². The Bertz CT molecular complexity index is 767. The SMILES string of the molecule is C=C(C)CN(CC)C(=O)CSc1nnc(C2CC2)n1Cc1ccccc1. The summed E-state index contributed by atoms with van der Waals surface area (Å²) in [4.78, 5) is 14.3. The Kier molecular flexibility index (Phi) is 6.14. The normalized spacial score (nSPS) is 13.6. The van der Waals surface area contributed by atoms with Crippen LogP contribution in [0.15, 0.2) is 47.6 Å². The van der Waals surface area contributed by atoms with Gasteiger partial charge in [-0.1, -0.05) is 54.2 Å². The lowest BCUT2D eigenvalue weighted by Gasteiger charge is -2.20. The van der Waals surface area contributed by atoms with E-state index in [2.05, 4.69) is 33.5 Å². The summed E-state index contributed by atoms with van der Waals surface area (Å²) in [6, 6.07) is 10.3. The minimum Gasteiger partial charge on any atom is -0.338 e. The summed E-state index contributed by atoms with van der Waals surface area (Å²) in [5.41, 5.74) is 2.22. The molecule has 3 rings (SSSR count). The van der Waals surface area contributed by atoms with Crippen molar-refractivity contribution in [3.63, 3.8) is 0 Å². The Morgan fingerprint density at radius 2 is 2.04 bits per heavy atom. The lowest BCUT2D eigenvalue weighted by atomic mass is 10.2. The van der Waals surface area contributed by atoms with Gasteiger partial charge < -0.3 is 9.47 Å². The van der Waals surface area contributed by atoms with Crippen LogP contribution in [0.3, 0.4) is 0 Å². The van der Waals surface area contributed by atoms with Gasteiger partial charge in [-0.15, -0.1) is 10.2 Å². The molecule has 1 aliphatic carbocycles. The van der Waals surface area contributed by atoms with Crippen molar-refractivity contribution >= 4 is 17.7 Å². The predicted molar refractivity (Wildman–Crippen MR) is 105 cm³/mol. The van der Waals surface area contributed by atoms with E-state index in [0.717, 1.165) is 23.1 Å². The summed E-state index contributed by atoms with van der Waals surface area (Å²) in [6.07, 6.45) is 2.36. The van der Waals surface area contributed by atoms with Gasteiger partial charge in [-0.25, -0.2) is 0 Å². The molecule has 1 fully saturated rings. The zero-order chi connectivity index (χ0) is 18.5. The van der Waals surface area contributed by atoms with E-state index in [-0.39, 0.29) is 5.91 Å². The third-order valence-corrected chi connectivity index (χ3v) is 5.34. The first-order valence-corrected chi connectivity index (χ1v) is 10.1. The fourth-order valence-electron chi connectivity index (χ4n) is 2.88. The summed E-state index contributed by atoms with van der Waals surface area (Å²) < 4.78 is 2.18. The van der Waals surface area contributed by atoms with Gasteiger partial charge >= 0.3 is 0 Å². The first kappa shape index (κ1) is 18.7. The molecule has 0 N–H and O–H groups in total. The molecule has 2 aromatic rings. The number of nitrogens with zero attached hydrogens (tertiary/aromatic N) is 4. The largest absolute Gasteiger partial charge is 0.338 e. The molecule has 26 heavy (non-hydrogen) atoms. The summed E-state index contributed by atoms with van der Waals surface area (Å²) in [5, 5.41) is 9.63. The Morgan fingerprint density at radius 1 is 1.31 bits per heavy atom. The number of carbonyl (C=O) groups is 1. The summed E-state index contributed by atoms with van der Waals surface area (Å²) >= 11 is 1.48. The molecule has 1 aromatic carbocycles. The fourth-order valence-corrected chi connectivity index (χ4v) is 3.73. The van der Waals surface area contributed by atoms with Crippen LogP contribution in [0.2, 0.25) is 0 Å². The number of hydrogen-bond donors (Lipinski definition) is 0. The highest BCUT2D eigenvalue weighted by molar-refractivity contribution is 7.99. The van der Waals surface area contributed by atoms with Crippen LogP contribution in [-0.2, 0) is 11.3 Å². The molecule has 0 spiro atoms. The van der Waals surface area contributed by atoms with Crippen LogP contribution in [0, 0.1) is 0 Å². The molecule has 0 saturated heterocycles. The second kappa shape index (κ2) is 8.54. The Hall–Kier alpha value is -2.08. The molecule has 138 valence electrons.